The Morgan fingerprint density at radius 1 is 1.21 bits per heavy atom. The van der Waals surface area contributed by atoms with Crippen molar-refractivity contribution in [2.75, 3.05) is 4.90 Å². The smallest absolute Gasteiger partial charge is 0.245 e. The number of fused-ring (bicyclic) bond motifs is 1. The molecule has 1 amide bonds. The molecule has 0 spiro atoms. The summed E-state index contributed by atoms with van der Waals surface area (Å²) in [4.78, 5) is 33.2. The summed E-state index contributed by atoms with van der Waals surface area (Å²) in [6.07, 6.45) is 3.34. The molecule has 0 N–H and O–H groups in total. The van der Waals surface area contributed by atoms with Gasteiger partial charge in [0.25, 0.3) is 5.82 Å². The Bertz CT molecular complexity index is 1090. The quantitative estimate of drug-likeness (QED) is 0.457. The predicted molar refractivity (Wildman–Crippen MR) is 109 cm³/mol. The molecule has 5 nitrogen and oxygen atoms in total. The first-order chi connectivity index (χ1) is 13.3. The van der Waals surface area contributed by atoms with Gasteiger partial charge in [-0.1, -0.05) is 29.3 Å². The summed E-state index contributed by atoms with van der Waals surface area (Å²) in [7, 11) is 0. The Labute approximate surface area is 176 Å². The second-order valence-corrected chi connectivity index (χ2v) is 8.86. The first kappa shape index (κ1) is 19.1. The van der Waals surface area contributed by atoms with Crippen LogP contribution in [0.5, 0.6) is 0 Å². The molecular weight excluding hydrogens is 417 g/mol. The van der Waals surface area contributed by atoms with Crippen LogP contribution >= 0.6 is 34.5 Å². The molecule has 1 atom stereocenters. The highest BCUT2D eigenvalue weighted by molar-refractivity contribution is 7.15. The number of hydrogen-bond donors (Lipinski definition) is 0. The SMILES string of the molecule is Cc1cc(Cl)cc(C2C(=O)N(Cc3cnc(Cl)s3)c3c(C)ccc[n+]3C2=O)c1. The highest BCUT2D eigenvalue weighted by Crippen LogP contribution is 2.32. The molecule has 4 rings (SSSR count). The fourth-order valence-electron chi connectivity index (χ4n) is 3.52. The van der Waals surface area contributed by atoms with E-state index in [1.165, 1.54) is 11.3 Å². The van der Waals surface area contributed by atoms with Crippen LogP contribution in [0.3, 0.4) is 0 Å². The van der Waals surface area contributed by atoms with Crippen LogP contribution in [-0.4, -0.2) is 16.8 Å². The number of nitrogens with zero attached hydrogens (tertiary/aromatic N) is 3. The lowest BCUT2D eigenvalue weighted by Gasteiger charge is -2.27. The van der Waals surface area contributed by atoms with Crippen LogP contribution in [0.1, 0.15) is 32.3 Å². The second-order valence-electron chi connectivity index (χ2n) is 6.72. The molecule has 0 bridgehead atoms. The lowest BCUT2D eigenvalue weighted by Crippen LogP contribution is -2.60. The summed E-state index contributed by atoms with van der Waals surface area (Å²) >= 11 is 13.5. The number of anilines is 1. The molecule has 0 saturated heterocycles. The van der Waals surface area contributed by atoms with Crippen LogP contribution in [0.4, 0.5) is 5.82 Å². The molecule has 142 valence electrons. The summed E-state index contributed by atoms with van der Waals surface area (Å²) in [6.45, 7) is 4.05. The number of amides is 1. The number of aryl methyl sites for hydroxylation is 2. The summed E-state index contributed by atoms with van der Waals surface area (Å²) in [5.41, 5.74) is 2.32. The van der Waals surface area contributed by atoms with E-state index in [-0.39, 0.29) is 18.4 Å². The highest BCUT2D eigenvalue weighted by atomic mass is 35.5. The molecule has 28 heavy (non-hydrogen) atoms. The van der Waals surface area contributed by atoms with Crippen molar-refractivity contribution in [3.63, 3.8) is 0 Å². The first-order valence-corrected chi connectivity index (χ1v) is 10.2. The third kappa shape index (κ3) is 3.32. The number of halogens is 2. The van der Waals surface area contributed by atoms with Gasteiger partial charge in [0.2, 0.25) is 0 Å². The van der Waals surface area contributed by atoms with Gasteiger partial charge in [-0.15, -0.1) is 11.3 Å². The van der Waals surface area contributed by atoms with Crippen molar-refractivity contribution in [3.8, 4) is 0 Å². The van der Waals surface area contributed by atoms with Gasteiger partial charge < -0.3 is 0 Å². The maximum Gasteiger partial charge on any atom is 0.333 e. The van der Waals surface area contributed by atoms with E-state index in [1.54, 1.807) is 40.1 Å². The number of pyridine rings is 1. The van der Waals surface area contributed by atoms with E-state index in [4.69, 9.17) is 23.2 Å². The van der Waals surface area contributed by atoms with Gasteiger partial charge in [-0.25, -0.2) is 14.6 Å². The third-order valence-electron chi connectivity index (χ3n) is 4.65. The lowest BCUT2D eigenvalue weighted by molar-refractivity contribution is -0.564. The van der Waals surface area contributed by atoms with E-state index in [9.17, 15) is 9.59 Å². The van der Waals surface area contributed by atoms with Crippen molar-refractivity contribution < 1.29 is 14.2 Å². The normalized spacial score (nSPS) is 16.4. The standard InChI is InChI=1S/C20H16Cl2N3O2S/c1-11-6-13(8-14(21)7-11)16-18(26)24-5-3-4-12(2)17(24)25(19(16)27)10-15-9-23-20(22)28-15/h3-9,16H,10H2,1-2H3/q+1. The number of hydrogen-bond acceptors (Lipinski definition) is 4. The van der Waals surface area contributed by atoms with Gasteiger partial charge in [-0.3, -0.25) is 0 Å². The summed E-state index contributed by atoms with van der Waals surface area (Å²) < 4.78 is 1.95. The van der Waals surface area contributed by atoms with E-state index in [1.807, 2.05) is 26.0 Å². The maximum absolute atomic E-state index is 13.5. The topological polar surface area (TPSA) is 54.2 Å². The van der Waals surface area contributed by atoms with Gasteiger partial charge in [0.15, 0.2) is 10.4 Å². The van der Waals surface area contributed by atoms with Crippen LogP contribution in [0, 0.1) is 13.8 Å². The number of aromatic nitrogens is 2. The minimum atomic E-state index is -0.958. The Kier molecular flexibility index (Phi) is 4.95. The Morgan fingerprint density at radius 2 is 2.00 bits per heavy atom. The van der Waals surface area contributed by atoms with Crippen LogP contribution in [0.15, 0.2) is 42.7 Å². The molecule has 0 fully saturated rings. The van der Waals surface area contributed by atoms with Crippen molar-refractivity contribution in [1.82, 2.24) is 4.98 Å². The molecule has 1 aliphatic heterocycles. The fraction of sp³-hybridized carbons (Fsp3) is 0.200. The number of carbonyl (C=O) groups excluding carboxylic acids is 2. The van der Waals surface area contributed by atoms with E-state index in [0.29, 0.717) is 20.9 Å². The Morgan fingerprint density at radius 3 is 2.68 bits per heavy atom. The zero-order valence-corrected chi connectivity index (χ0v) is 17.5. The zero-order chi connectivity index (χ0) is 20.0. The highest BCUT2D eigenvalue weighted by Gasteiger charge is 2.48. The van der Waals surface area contributed by atoms with E-state index < -0.39 is 5.92 Å². The van der Waals surface area contributed by atoms with Gasteiger partial charge in [-0.2, -0.15) is 9.47 Å². The Hall–Kier alpha value is -2.28. The fourth-order valence-corrected chi connectivity index (χ4v) is 4.78. The molecule has 0 aliphatic carbocycles. The first-order valence-electron chi connectivity index (χ1n) is 8.59. The molecule has 3 heterocycles. The van der Waals surface area contributed by atoms with Crippen LogP contribution in [-0.2, 0) is 11.3 Å². The average Bonchev–Trinajstić information content (AvgIpc) is 3.03. The van der Waals surface area contributed by atoms with Gasteiger partial charge >= 0.3 is 11.8 Å². The summed E-state index contributed by atoms with van der Waals surface area (Å²) in [6, 6.07) is 8.98. The molecule has 1 aliphatic rings. The van der Waals surface area contributed by atoms with Crippen LogP contribution in [0.25, 0.3) is 0 Å². The second kappa shape index (κ2) is 7.28. The molecule has 2 aromatic heterocycles. The molecule has 8 heteroatoms. The third-order valence-corrected chi connectivity index (χ3v) is 5.97. The predicted octanol–water partition coefficient (Wildman–Crippen LogP) is 4.33. The molecular formula is C20H16Cl2N3O2S+. The van der Waals surface area contributed by atoms with Crippen molar-refractivity contribution in [1.29, 1.82) is 0 Å². The van der Waals surface area contributed by atoms with Crippen LogP contribution < -0.4 is 9.47 Å². The van der Waals surface area contributed by atoms with Crippen molar-refractivity contribution >= 4 is 52.2 Å². The molecule has 0 radical (unpaired) electrons. The van der Waals surface area contributed by atoms with E-state index >= 15 is 0 Å². The number of thiazole rings is 1. The minimum absolute atomic E-state index is 0.287. The van der Waals surface area contributed by atoms with Gasteiger partial charge in [0, 0.05) is 16.8 Å². The van der Waals surface area contributed by atoms with Crippen molar-refractivity contribution in [3.05, 3.63) is 73.8 Å². The average molecular weight is 433 g/mol. The largest absolute Gasteiger partial charge is 0.333 e. The number of rotatable bonds is 3. The molecule has 3 aromatic rings. The zero-order valence-electron chi connectivity index (χ0n) is 15.1. The minimum Gasteiger partial charge on any atom is -0.245 e. The molecule has 1 unspecified atom stereocenters. The van der Waals surface area contributed by atoms with Gasteiger partial charge in [-0.05, 0) is 49.2 Å². The number of benzene rings is 1. The van der Waals surface area contributed by atoms with E-state index in [0.717, 1.165) is 16.0 Å². The Balaban J connectivity index is 1.86. The summed E-state index contributed by atoms with van der Waals surface area (Å²) in [5.74, 6) is -0.966. The maximum atomic E-state index is 13.5. The summed E-state index contributed by atoms with van der Waals surface area (Å²) in [5, 5.41) is 0.497. The van der Waals surface area contributed by atoms with Crippen LogP contribution in [0.2, 0.25) is 9.49 Å². The lowest BCUT2D eigenvalue weighted by atomic mass is 9.92. The van der Waals surface area contributed by atoms with Crippen molar-refractivity contribution in [2.45, 2.75) is 26.3 Å². The molecule has 0 saturated carbocycles. The van der Waals surface area contributed by atoms with E-state index in [2.05, 4.69) is 4.98 Å². The van der Waals surface area contributed by atoms with Gasteiger partial charge in [0.05, 0.1) is 11.1 Å². The molecule has 1 aromatic carbocycles. The monoisotopic (exact) mass is 432 g/mol. The van der Waals surface area contributed by atoms with Gasteiger partial charge in [0.1, 0.15) is 6.54 Å². The number of carbonyl (C=O) groups is 2. The van der Waals surface area contributed by atoms with Crippen molar-refractivity contribution in [2.24, 2.45) is 0 Å².